The van der Waals surface area contributed by atoms with Crippen LogP contribution in [0.5, 0.6) is 5.75 Å². The Kier molecular flexibility index (Phi) is 6.64. The number of ether oxygens (including phenoxy) is 3. The molecule has 10 nitrogen and oxygen atoms in total. The fraction of sp³-hybridized carbons (Fsp3) is 0.600. The molecule has 1 N–H and O–H groups in total. The van der Waals surface area contributed by atoms with E-state index in [0.29, 0.717) is 37.4 Å². The summed E-state index contributed by atoms with van der Waals surface area (Å²) in [6, 6.07) is 3.73. The smallest absolute Gasteiger partial charge is 0.410 e. The van der Waals surface area contributed by atoms with E-state index in [0.717, 1.165) is 42.6 Å². The number of fused-ring (bicyclic) bond motifs is 2. The summed E-state index contributed by atoms with van der Waals surface area (Å²) in [5.41, 5.74) is 2.98. The summed E-state index contributed by atoms with van der Waals surface area (Å²) in [5.74, 6) is -0.451. The highest BCUT2D eigenvalue weighted by Crippen LogP contribution is 2.31. The van der Waals surface area contributed by atoms with Crippen molar-refractivity contribution in [3.8, 4) is 17.0 Å². The highest BCUT2D eigenvalue weighted by Gasteiger charge is 2.36. The number of pyridine rings is 1. The van der Waals surface area contributed by atoms with Gasteiger partial charge in [0.05, 0.1) is 60.6 Å². The second-order valence-corrected chi connectivity index (χ2v) is 9.77. The summed E-state index contributed by atoms with van der Waals surface area (Å²) in [7, 11) is 1.81. The lowest BCUT2D eigenvalue weighted by atomic mass is 9.87. The molecule has 2 unspecified atom stereocenters. The quantitative estimate of drug-likeness (QED) is 0.664. The third-order valence-corrected chi connectivity index (χ3v) is 7.28. The monoisotopic (exact) mass is 484 g/mol. The maximum atomic E-state index is 12.7. The van der Waals surface area contributed by atoms with Gasteiger partial charge in [-0.1, -0.05) is 0 Å². The molecule has 1 aliphatic carbocycles. The molecule has 1 saturated carbocycles. The number of hydrogen-bond acceptors (Lipinski definition) is 7. The van der Waals surface area contributed by atoms with Crippen molar-refractivity contribution >= 4 is 12.1 Å². The van der Waals surface area contributed by atoms with Crippen LogP contribution in [0.1, 0.15) is 49.9 Å². The number of aromatic nitrogens is 3. The number of carbonyl (C=O) groups excluding carboxylic acids is 1. The molecule has 1 amide bonds. The molecule has 3 aliphatic rings. The average molecular weight is 485 g/mol. The number of carboxylic acids is 1. The number of carbonyl (C=O) groups is 2. The van der Waals surface area contributed by atoms with Gasteiger partial charge in [-0.15, -0.1) is 0 Å². The number of rotatable bonds is 6. The van der Waals surface area contributed by atoms with E-state index < -0.39 is 5.97 Å². The normalized spacial score (nSPS) is 25.9. The molecular weight excluding hydrogens is 452 g/mol. The Morgan fingerprint density at radius 2 is 1.94 bits per heavy atom. The van der Waals surface area contributed by atoms with Crippen LogP contribution >= 0.6 is 0 Å². The third-order valence-electron chi connectivity index (χ3n) is 7.28. The van der Waals surface area contributed by atoms with Crippen molar-refractivity contribution in [1.29, 1.82) is 0 Å². The maximum Gasteiger partial charge on any atom is 0.410 e. The van der Waals surface area contributed by atoms with Gasteiger partial charge < -0.3 is 24.2 Å². The molecule has 2 aliphatic heterocycles. The molecule has 2 aromatic rings. The highest BCUT2D eigenvalue weighted by molar-refractivity contribution is 5.70. The van der Waals surface area contributed by atoms with E-state index in [-0.39, 0.29) is 36.9 Å². The van der Waals surface area contributed by atoms with Crippen LogP contribution in [0.25, 0.3) is 11.3 Å². The first kappa shape index (κ1) is 23.6. The first-order chi connectivity index (χ1) is 16.9. The van der Waals surface area contributed by atoms with Crippen LogP contribution in [-0.4, -0.2) is 68.2 Å². The molecular formula is C25H32N4O6. The zero-order valence-electron chi connectivity index (χ0n) is 20.2. The number of hydrogen-bond donors (Lipinski definition) is 1. The summed E-state index contributed by atoms with van der Waals surface area (Å²) in [6.45, 7) is 3.11. The largest absolute Gasteiger partial charge is 0.489 e. The fourth-order valence-corrected chi connectivity index (χ4v) is 5.31. The number of likely N-dealkylation sites (tertiary alicyclic amines) is 1. The molecule has 2 aromatic heterocycles. The van der Waals surface area contributed by atoms with Crippen molar-refractivity contribution in [2.24, 2.45) is 13.0 Å². The van der Waals surface area contributed by atoms with Gasteiger partial charge in [-0.2, -0.15) is 5.10 Å². The number of nitrogens with zero attached hydrogens (tertiary/aromatic N) is 4. The third kappa shape index (κ3) is 5.12. The molecule has 0 radical (unpaired) electrons. The van der Waals surface area contributed by atoms with E-state index in [1.165, 1.54) is 0 Å². The van der Waals surface area contributed by atoms with Gasteiger partial charge in [0.2, 0.25) is 0 Å². The standard InChI is InChI=1S/C25H32N4O6/c1-15-23(35-17-5-3-4-16(10-17)24(30)31)9-8-21(27-15)20-11-26-28(2)22(20)14-33-25(32)29-12-18-6-7-19(13-29)34-18/h8-9,11,16-19H,3-7,10,12-14H2,1-2H3,(H,30,31)/t16-,17-,18?,19?/m0/s1. The Bertz CT molecular complexity index is 1090. The minimum Gasteiger partial charge on any atom is -0.489 e. The van der Waals surface area contributed by atoms with Crippen molar-refractivity contribution < 1.29 is 28.9 Å². The lowest BCUT2D eigenvalue weighted by molar-refractivity contribution is -0.143. The lowest BCUT2D eigenvalue weighted by Gasteiger charge is -2.31. The summed E-state index contributed by atoms with van der Waals surface area (Å²) in [6.07, 6.45) is 6.37. The Morgan fingerprint density at radius 3 is 2.66 bits per heavy atom. The number of amides is 1. The van der Waals surface area contributed by atoms with Crippen LogP contribution in [0.4, 0.5) is 4.79 Å². The average Bonchev–Trinajstić information content (AvgIpc) is 3.39. The van der Waals surface area contributed by atoms with Crippen LogP contribution in [0.3, 0.4) is 0 Å². The second-order valence-electron chi connectivity index (χ2n) is 9.77. The van der Waals surface area contributed by atoms with Gasteiger partial charge in [-0.3, -0.25) is 9.48 Å². The minimum atomic E-state index is -0.755. The van der Waals surface area contributed by atoms with E-state index in [4.69, 9.17) is 19.2 Å². The Hall–Kier alpha value is -3.14. The van der Waals surface area contributed by atoms with Crippen LogP contribution in [-0.2, 0) is 27.9 Å². The van der Waals surface area contributed by atoms with Crippen LogP contribution < -0.4 is 4.74 Å². The Balaban J connectivity index is 1.24. The predicted octanol–water partition coefficient (Wildman–Crippen LogP) is 3.31. The van der Waals surface area contributed by atoms with Crippen LogP contribution in [0, 0.1) is 12.8 Å². The van der Waals surface area contributed by atoms with Gasteiger partial charge in [0.1, 0.15) is 12.4 Å². The second kappa shape index (κ2) is 9.85. The summed E-state index contributed by atoms with van der Waals surface area (Å²) >= 11 is 0. The molecule has 0 aromatic carbocycles. The van der Waals surface area contributed by atoms with E-state index in [2.05, 4.69) is 5.10 Å². The van der Waals surface area contributed by atoms with Crippen molar-refractivity contribution in [1.82, 2.24) is 19.7 Å². The van der Waals surface area contributed by atoms with Crippen LogP contribution in [0.2, 0.25) is 0 Å². The zero-order valence-corrected chi connectivity index (χ0v) is 20.2. The molecule has 2 bridgehead atoms. The van der Waals surface area contributed by atoms with E-state index in [1.54, 1.807) is 15.8 Å². The first-order valence-electron chi connectivity index (χ1n) is 12.3. The molecule has 3 fully saturated rings. The first-order valence-corrected chi connectivity index (χ1v) is 12.3. The predicted molar refractivity (Wildman–Crippen MR) is 125 cm³/mol. The number of morpholine rings is 1. The summed E-state index contributed by atoms with van der Waals surface area (Å²) < 4.78 is 19.3. The molecule has 0 spiro atoms. The molecule has 4 atom stereocenters. The highest BCUT2D eigenvalue weighted by atomic mass is 16.6. The molecule has 2 saturated heterocycles. The van der Waals surface area contributed by atoms with Gasteiger partial charge in [0.25, 0.3) is 0 Å². The maximum absolute atomic E-state index is 12.7. The van der Waals surface area contributed by atoms with Crippen molar-refractivity contribution in [3.05, 3.63) is 29.7 Å². The SMILES string of the molecule is Cc1nc(-c2cnn(C)c2COC(=O)N2CC3CCC(C2)O3)ccc1O[C@H]1CCC[C@H](C(=O)O)C1. The van der Waals surface area contributed by atoms with E-state index >= 15 is 0 Å². The number of aliphatic carboxylic acids is 1. The van der Waals surface area contributed by atoms with Gasteiger partial charge in [-0.25, -0.2) is 9.78 Å². The Labute approximate surface area is 204 Å². The summed E-state index contributed by atoms with van der Waals surface area (Å²) in [4.78, 5) is 30.5. The topological polar surface area (TPSA) is 116 Å². The molecule has 188 valence electrons. The van der Waals surface area contributed by atoms with Gasteiger partial charge >= 0.3 is 12.1 Å². The van der Waals surface area contributed by atoms with Crippen LogP contribution in [0.15, 0.2) is 18.3 Å². The molecule has 10 heteroatoms. The lowest BCUT2D eigenvalue weighted by Crippen LogP contribution is -2.46. The van der Waals surface area contributed by atoms with E-state index in [1.807, 2.05) is 26.1 Å². The van der Waals surface area contributed by atoms with Gasteiger partial charge in [0.15, 0.2) is 0 Å². The van der Waals surface area contributed by atoms with E-state index in [9.17, 15) is 14.7 Å². The summed E-state index contributed by atoms with van der Waals surface area (Å²) in [5, 5.41) is 13.7. The number of aryl methyl sites for hydroxylation is 2. The fourth-order valence-electron chi connectivity index (χ4n) is 5.31. The van der Waals surface area contributed by atoms with Crippen molar-refractivity contribution in [2.75, 3.05) is 13.1 Å². The van der Waals surface area contributed by atoms with Crippen molar-refractivity contribution in [3.63, 3.8) is 0 Å². The number of carboxylic acid groups (broad SMARTS) is 1. The van der Waals surface area contributed by atoms with Gasteiger partial charge in [0, 0.05) is 12.6 Å². The molecule has 5 rings (SSSR count). The molecule has 4 heterocycles. The Morgan fingerprint density at radius 1 is 1.17 bits per heavy atom. The molecule has 35 heavy (non-hydrogen) atoms. The van der Waals surface area contributed by atoms with Crippen molar-refractivity contribution in [2.45, 2.75) is 70.4 Å². The van der Waals surface area contributed by atoms with Gasteiger partial charge in [-0.05, 0) is 57.6 Å². The minimum absolute atomic E-state index is 0.0922. The zero-order chi connectivity index (χ0) is 24.5.